The SMILES string of the molecule is CNCC(COC)N(C)CC1CCCCO1. The van der Waals surface area contributed by atoms with E-state index in [1.165, 1.54) is 19.3 Å². The standard InChI is InChI=1S/C12H26N2O2/c1-13-8-11(10-15-3)14(2)9-12-6-4-5-7-16-12/h11-13H,4-10H2,1-3H3. The number of methoxy groups -OCH3 is 1. The molecule has 1 rings (SSSR count). The minimum atomic E-state index is 0.412. The Kier molecular flexibility index (Phi) is 6.96. The van der Waals surface area contributed by atoms with Gasteiger partial charge in [0, 0.05) is 32.8 Å². The van der Waals surface area contributed by atoms with E-state index < -0.39 is 0 Å². The molecule has 1 N–H and O–H groups in total. The third-order valence-corrected chi connectivity index (χ3v) is 3.19. The van der Waals surface area contributed by atoms with Gasteiger partial charge in [-0.15, -0.1) is 0 Å². The van der Waals surface area contributed by atoms with Crippen LogP contribution in [0.3, 0.4) is 0 Å². The van der Waals surface area contributed by atoms with E-state index in [9.17, 15) is 0 Å². The lowest BCUT2D eigenvalue weighted by atomic mass is 10.1. The van der Waals surface area contributed by atoms with Crippen molar-refractivity contribution in [3.8, 4) is 0 Å². The van der Waals surface area contributed by atoms with Gasteiger partial charge < -0.3 is 14.8 Å². The van der Waals surface area contributed by atoms with Crippen LogP contribution in [-0.4, -0.2) is 64.6 Å². The molecular formula is C12H26N2O2. The average molecular weight is 230 g/mol. The molecule has 16 heavy (non-hydrogen) atoms. The van der Waals surface area contributed by atoms with Gasteiger partial charge >= 0.3 is 0 Å². The number of rotatable bonds is 7. The molecule has 0 bridgehead atoms. The molecule has 4 nitrogen and oxygen atoms in total. The maximum atomic E-state index is 5.75. The van der Waals surface area contributed by atoms with Crippen molar-refractivity contribution in [1.82, 2.24) is 10.2 Å². The van der Waals surface area contributed by atoms with Gasteiger partial charge in [-0.2, -0.15) is 0 Å². The Morgan fingerprint density at radius 3 is 2.88 bits per heavy atom. The number of hydrogen-bond acceptors (Lipinski definition) is 4. The van der Waals surface area contributed by atoms with E-state index in [0.717, 1.165) is 26.3 Å². The number of nitrogens with one attached hydrogen (secondary N) is 1. The number of hydrogen-bond donors (Lipinski definition) is 1. The van der Waals surface area contributed by atoms with Crippen molar-refractivity contribution in [2.45, 2.75) is 31.4 Å². The average Bonchev–Trinajstić information content (AvgIpc) is 2.30. The van der Waals surface area contributed by atoms with Crippen LogP contribution in [-0.2, 0) is 9.47 Å². The highest BCUT2D eigenvalue weighted by molar-refractivity contribution is 4.75. The minimum Gasteiger partial charge on any atom is -0.383 e. The summed E-state index contributed by atoms with van der Waals surface area (Å²) in [5, 5.41) is 3.21. The van der Waals surface area contributed by atoms with E-state index in [4.69, 9.17) is 9.47 Å². The van der Waals surface area contributed by atoms with Crippen LogP contribution in [0.1, 0.15) is 19.3 Å². The fourth-order valence-corrected chi connectivity index (χ4v) is 2.19. The molecule has 1 aliphatic rings. The summed E-state index contributed by atoms with van der Waals surface area (Å²) in [7, 11) is 5.89. The maximum absolute atomic E-state index is 5.75. The Labute approximate surface area is 99.3 Å². The minimum absolute atomic E-state index is 0.412. The van der Waals surface area contributed by atoms with Crippen LogP contribution in [0, 0.1) is 0 Å². The maximum Gasteiger partial charge on any atom is 0.0702 e. The first-order valence-corrected chi connectivity index (χ1v) is 6.23. The first kappa shape index (κ1) is 13.9. The van der Waals surface area contributed by atoms with Gasteiger partial charge in [-0.1, -0.05) is 0 Å². The Morgan fingerprint density at radius 1 is 1.50 bits per heavy atom. The predicted octanol–water partition coefficient (Wildman–Crippen LogP) is 0.722. The largest absolute Gasteiger partial charge is 0.383 e. The van der Waals surface area contributed by atoms with E-state index in [1.54, 1.807) is 7.11 Å². The van der Waals surface area contributed by atoms with Crippen LogP contribution >= 0.6 is 0 Å². The van der Waals surface area contributed by atoms with Gasteiger partial charge in [0.15, 0.2) is 0 Å². The molecule has 1 fully saturated rings. The van der Waals surface area contributed by atoms with Crippen molar-refractivity contribution in [2.24, 2.45) is 0 Å². The van der Waals surface area contributed by atoms with Gasteiger partial charge in [0.1, 0.15) is 0 Å². The molecule has 2 unspecified atom stereocenters. The quantitative estimate of drug-likeness (QED) is 0.699. The van der Waals surface area contributed by atoms with Crippen molar-refractivity contribution in [3.63, 3.8) is 0 Å². The van der Waals surface area contributed by atoms with E-state index in [1.807, 2.05) is 7.05 Å². The van der Waals surface area contributed by atoms with Crippen LogP contribution in [0.4, 0.5) is 0 Å². The fraction of sp³-hybridized carbons (Fsp3) is 1.00. The van der Waals surface area contributed by atoms with E-state index >= 15 is 0 Å². The Balaban J connectivity index is 2.31. The van der Waals surface area contributed by atoms with Gasteiger partial charge in [0.05, 0.1) is 12.7 Å². The molecule has 0 saturated carbocycles. The Morgan fingerprint density at radius 2 is 2.31 bits per heavy atom. The van der Waals surface area contributed by atoms with Gasteiger partial charge in [-0.05, 0) is 33.4 Å². The smallest absolute Gasteiger partial charge is 0.0702 e. The molecule has 0 aromatic rings. The molecular weight excluding hydrogens is 204 g/mol. The molecule has 1 aliphatic heterocycles. The molecule has 0 aromatic heterocycles. The van der Waals surface area contributed by atoms with Crippen molar-refractivity contribution < 1.29 is 9.47 Å². The molecule has 1 heterocycles. The predicted molar refractivity (Wildman–Crippen MR) is 65.8 cm³/mol. The number of likely N-dealkylation sites (N-methyl/N-ethyl adjacent to an activating group) is 2. The summed E-state index contributed by atoms with van der Waals surface area (Å²) >= 11 is 0. The monoisotopic (exact) mass is 230 g/mol. The molecule has 0 radical (unpaired) electrons. The second-order valence-corrected chi connectivity index (χ2v) is 4.59. The number of ether oxygens (including phenoxy) is 2. The van der Waals surface area contributed by atoms with Crippen molar-refractivity contribution in [2.75, 3.05) is 47.5 Å². The lowest BCUT2D eigenvalue weighted by Gasteiger charge is -2.32. The second-order valence-electron chi connectivity index (χ2n) is 4.59. The van der Waals surface area contributed by atoms with Crippen LogP contribution in [0.15, 0.2) is 0 Å². The highest BCUT2D eigenvalue weighted by Gasteiger charge is 2.20. The first-order valence-electron chi connectivity index (χ1n) is 6.23. The van der Waals surface area contributed by atoms with Gasteiger partial charge in [-0.3, -0.25) is 4.90 Å². The molecule has 0 spiro atoms. The van der Waals surface area contributed by atoms with Crippen molar-refractivity contribution >= 4 is 0 Å². The van der Waals surface area contributed by atoms with Crippen LogP contribution in [0.2, 0.25) is 0 Å². The Bertz CT molecular complexity index is 166. The van der Waals surface area contributed by atoms with Gasteiger partial charge in [0.25, 0.3) is 0 Å². The Hall–Kier alpha value is -0.160. The van der Waals surface area contributed by atoms with E-state index in [0.29, 0.717) is 12.1 Å². The summed E-state index contributed by atoms with van der Waals surface area (Å²) in [6.45, 7) is 3.66. The lowest BCUT2D eigenvalue weighted by molar-refractivity contribution is -0.0145. The second kappa shape index (κ2) is 8.01. The lowest BCUT2D eigenvalue weighted by Crippen LogP contribution is -2.46. The molecule has 4 heteroatoms. The summed E-state index contributed by atoms with van der Waals surface area (Å²) in [6.07, 6.45) is 4.14. The van der Waals surface area contributed by atoms with Gasteiger partial charge in [0.2, 0.25) is 0 Å². The molecule has 0 amide bonds. The zero-order valence-electron chi connectivity index (χ0n) is 10.9. The van der Waals surface area contributed by atoms with E-state index in [-0.39, 0.29) is 0 Å². The van der Waals surface area contributed by atoms with Crippen molar-refractivity contribution in [3.05, 3.63) is 0 Å². The zero-order chi connectivity index (χ0) is 11.8. The highest BCUT2D eigenvalue weighted by atomic mass is 16.5. The summed E-state index contributed by atoms with van der Waals surface area (Å²) < 4.78 is 11.0. The highest BCUT2D eigenvalue weighted by Crippen LogP contribution is 2.14. The van der Waals surface area contributed by atoms with Crippen LogP contribution in [0.5, 0.6) is 0 Å². The molecule has 0 aliphatic carbocycles. The summed E-state index contributed by atoms with van der Waals surface area (Å²) in [5.41, 5.74) is 0. The third-order valence-electron chi connectivity index (χ3n) is 3.19. The molecule has 1 saturated heterocycles. The topological polar surface area (TPSA) is 33.7 Å². The summed E-state index contributed by atoms with van der Waals surface area (Å²) in [4.78, 5) is 2.34. The summed E-state index contributed by atoms with van der Waals surface area (Å²) in [6, 6.07) is 0.431. The zero-order valence-corrected chi connectivity index (χ0v) is 10.9. The van der Waals surface area contributed by atoms with Crippen LogP contribution < -0.4 is 5.32 Å². The van der Waals surface area contributed by atoms with E-state index in [2.05, 4.69) is 17.3 Å². The van der Waals surface area contributed by atoms with Gasteiger partial charge in [-0.25, -0.2) is 0 Å². The molecule has 2 atom stereocenters. The fourth-order valence-electron chi connectivity index (χ4n) is 2.19. The molecule has 0 aromatic carbocycles. The summed E-state index contributed by atoms with van der Waals surface area (Å²) in [5.74, 6) is 0. The third kappa shape index (κ3) is 4.78. The van der Waals surface area contributed by atoms with Crippen molar-refractivity contribution in [1.29, 1.82) is 0 Å². The normalized spacial score (nSPS) is 23.6. The first-order chi connectivity index (χ1) is 7.77. The number of nitrogens with zero attached hydrogens (tertiary/aromatic N) is 1. The van der Waals surface area contributed by atoms with Crippen LogP contribution in [0.25, 0.3) is 0 Å². The molecule has 96 valence electrons.